The summed E-state index contributed by atoms with van der Waals surface area (Å²) < 4.78 is 5.87. The lowest BCUT2D eigenvalue weighted by Gasteiger charge is -2.31. The molecular formula is C20H26N4O4. The second kappa shape index (κ2) is 9.40. The van der Waals surface area contributed by atoms with Crippen molar-refractivity contribution < 1.29 is 19.4 Å². The standard InChI is InChI=1S/C20H26N4O4/c21-12-14-2-1-11-22-18(14)28-17-9-7-16(8-10-17)24-20(27)23-15-5-3-13(4-6-15)19(25)26/h1-2,11,13,15-17H,3-10H2,(H,25,26)(H2,23,24,27). The van der Waals surface area contributed by atoms with E-state index in [9.17, 15) is 9.59 Å². The summed E-state index contributed by atoms with van der Waals surface area (Å²) in [5, 5.41) is 24.1. The first kappa shape index (κ1) is 19.9. The zero-order valence-electron chi connectivity index (χ0n) is 15.8. The zero-order chi connectivity index (χ0) is 19.9. The molecule has 2 aliphatic rings. The molecule has 1 heterocycles. The molecule has 0 bridgehead atoms. The maximum Gasteiger partial charge on any atom is 0.315 e. The second-order valence-corrected chi connectivity index (χ2v) is 7.56. The molecular weight excluding hydrogens is 360 g/mol. The topological polar surface area (TPSA) is 124 Å². The number of urea groups is 1. The minimum atomic E-state index is -0.741. The van der Waals surface area contributed by atoms with Crippen LogP contribution in [0, 0.1) is 17.2 Å². The van der Waals surface area contributed by atoms with Crippen LogP contribution in [0.4, 0.5) is 4.79 Å². The summed E-state index contributed by atoms with van der Waals surface area (Å²) in [6.07, 6.45) is 7.42. The summed E-state index contributed by atoms with van der Waals surface area (Å²) in [6.45, 7) is 0. The van der Waals surface area contributed by atoms with Crippen LogP contribution < -0.4 is 15.4 Å². The maximum absolute atomic E-state index is 12.2. The van der Waals surface area contributed by atoms with Crippen molar-refractivity contribution in [1.29, 1.82) is 5.26 Å². The van der Waals surface area contributed by atoms with E-state index in [-0.39, 0.29) is 30.1 Å². The number of carbonyl (C=O) groups excluding carboxylic acids is 1. The van der Waals surface area contributed by atoms with Gasteiger partial charge in [-0.2, -0.15) is 5.26 Å². The molecule has 0 aliphatic heterocycles. The number of pyridine rings is 1. The van der Waals surface area contributed by atoms with E-state index in [1.807, 2.05) is 0 Å². The Morgan fingerprint density at radius 1 is 1.07 bits per heavy atom. The van der Waals surface area contributed by atoms with Crippen molar-refractivity contribution in [1.82, 2.24) is 15.6 Å². The fourth-order valence-electron chi connectivity index (χ4n) is 3.95. The zero-order valence-corrected chi connectivity index (χ0v) is 15.8. The normalized spacial score (nSPS) is 27.2. The molecule has 0 saturated heterocycles. The highest BCUT2D eigenvalue weighted by molar-refractivity contribution is 5.74. The van der Waals surface area contributed by atoms with E-state index in [1.54, 1.807) is 18.3 Å². The molecule has 2 saturated carbocycles. The van der Waals surface area contributed by atoms with Gasteiger partial charge in [0.2, 0.25) is 5.88 Å². The summed E-state index contributed by atoms with van der Waals surface area (Å²) in [7, 11) is 0. The Hall–Kier alpha value is -2.82. The highest BCUT2D eigenvalue weighted by Crippen LogP contribution is 2.26. The van der Waals surface area contributed by atoms with Crippen LogP contribution in [0.3, 0.4) is 0 Å². The summed E-state index contributed by atoms with van der Waals surface area (Å²) in [5.74, 6) is -0.650. The number of rotatable bonds is 5. The molecule has 150 valence electrons. The van der Waals surface area contributed by atoms with Gasteiger partial charge >= 0.3 is 12.0 Å². The lowest BCUT2D eigenvalue weighted by molar-refractivity contribution is -0.142. The Balaban J connectivity index is 1.38. The van der Waals surface area contributed by atoms with Gasteiger partial charge in [-0.1, -0.05) is 0 Å². The van der Waals surface area contributed by atoms with Crippen molar-refractivity contribution in [3.05, 3.63) is 23.9 Å². The van der Waals surface area contributed by atoms with Crippen LogP contribution in [0.25, 0.3) is 0 Å². The Labute approximate surface area is 164 Å². The SMILES string of the molecule is N#Cc1cccnc1OC1CCC(NC(=O)NC2CCC(C(=O)O)CC2)CC1. The lowest BCUT2D eigenvalue weighted by atomic mass is 9.86. The predicted octanol–water partition coefficient (Wildman–Crippen LogP) is 2.59. The van der Waals surface area contributed by atoms with E-state index in [0.29, 0.717) is 37.1 Å². The van der Waals surface area contributed by atoms with E-state index in [0.717, 1.165) is 25.7 Å². The van der Waals surface area contributed by atoms with Crippen molar-refractivity contribution in [3.8, 4) is 11.9 Å². The molecule has 0 spiro atoms. The average Bonchev–Trinajstić information content (AvgIpc) is 2.70. The molecule has 0 atom stereocenters. The van der Waals surface area contributed by atoms with E-state index in [2.05, 4.69) is 21.7 Å². The van der Waals surface area contributed by atoms with Gasteiger partial charge in [0, 0.05) is 18.3 Å². The molecule has 3 rings (SSSR count). The van der Waals surface area contributed by atoms with Gasteiger partial charge in [-0.05, 0) is 63.5 Å². The van der Waals surface area contributed by atoms with Gasteiger partial charge in [-0.3, -0.25) is 4.79 Å². The largest absolute Gasteiger partial charge is 0.481 e. The molecule has 2 aliphatic carbocycles. The quantitative estimate of drug-likeness (QED) is 0.714. The van der Waals surface area contributed by atoms with Gasteiger partial charge in [0.1, 0.15) is 17.7 Å². The third kappa shape index (κ3) is 5.35. The molecule has 8 nitrogen and oxygen atoms in total. The van der Waals surface area contributed by atoms with Gasteiger partial charge in [0.05, 0.1) is 5.92 Å². The number of nitrogens with one attached hydrogen (secondary N) is 2. The summed E-state index contributed by atoms with van der Waals surface area (Å²) in [4.78, 5) is 27.4. The molecule has 8 heteroatoms. The first-order valence-electron chi connectivity index (χ1n) is 9.86. The smallest absolute Gasteiger partial charge is 0.315 e. The molecule has 1 aromatic rings. The van der Waals surface area contributed by atoms with E-state index in [1.165, 1.54) is 0 Å². The Kier molecular flexibility index (Phi) is 6.69. The highest BCUT2D eigenvalue weighted by atomic mass is 16.5. The molecule has 1 aromatic heterocycles. The van der Waals surface area contributed by atoms with Gasteiger partial charge in [-0.25, -0.2) is 9.78 Å². The summed E-state index contributed by atoms with van der Waals surface area (Å²) in [5.41, 5.74) is 0.430. The van der Waals surface area contributed by atoms with Crippen LogP contribution in [0.1, 0.15) is 56.9 Å². The monoisotopic (exact) mass is 386 g/mol. The number of nitriles is 1. The van der Waals surface area contributed by atoms with Crippen LogP contribution in [0.15, 0.2) is 18.3 Å². The minimum absolute atomic E-state index is 0.00518. The summed E-state index contributed by atoms with van der Waals surface area (Å²) >= 11 is 0. The fourth-order valence-corrected chi connectivity index (χ4v) is 3.95. The number of ether oxygens (including phenoxy) is 1. The fraction of sp³-hybridized carbons (Fsp3) is 0.600. The molecule has 0 radical (unpaired) electrons. The van der Waals surface area contributed by atoms with Crippen molar-refractivity contribution in [2.75, 3.05) is 0 Å². The van der Waals surface area contributed by atoms with Crippen molar-refractivity contribution in [2.24, 2.45) is 5.92 Å². The minimum Gasteiger partial charge on any atom is -0.481 e. The van der Waals surface area contributed by atoms with Crippen molar-refractivity contribution >= 4 is 12.0 Å². The molecule has 0 unspecified atom stereocenters. The van der Waals surface area contributed by atoms with Crippen molar-refractivity contribution in [2.45, 2.75) is 69.6 Å². The van der Waals surface area contributed by atoms with Gasteiger partial charge in [-0.15, -0.1) is 0 Å². The maximum atomic E-state index is 12.2. The number of aliphatic carboxylic acids is 1. The van der Waals surface area contributed by atoms with Crippen LogP contribution >= 0.6 is 0 Å². The average molecular weight is 386 g/mol. The number of carboxylic acid groups (broad SMARTS) is 1. The van der Waals surface area contributed by atoms with E-state index in [4.69, 9.17) is 15.1 Å². The van der Waals surface area contributed by atoms with Crippen LogP contribution in [0.5, 0.6) is 5.88 Å². The van der Waals surface area contributed by atoms with Crippen LogP contribution in [-0.2, 0) is 4.79 Å². The van der Waals surface area contributed by atoms with Crippen molar-refractivity contribution in [3.63, 3.8) is 0 Å². The first-order chi connectivity index (χ1) is 13.5. The van der Waals surface area contributed by atoms with Crippen LogP contribution in [-0.4, -0.2) is 40.3 Å². The lowest BCUT2D eigenvalue weighted by Crippen LogP contribution is -2.48. The second-order valence-electron chi connectivity index (χ2n) is 7.56. The summed E-state index contributed by atoms with van der Waals surface area (Å²) in [6, 6.07) is 5.43. The molecule has 2 fully saturated rings. The number of hydrogen-bond donors (Lipinski definition) is 3. The number of hydrogen-bond acceptors (Lipinski definition) is 5. The Bertz CT molecular complexity index is 732. The number of amides is 2. The van der Waals surface area contributed by atoms with E-state index >= 15 is 0 Å². The third-order valence-corrected chi connectivity index (χ3v) is 5.59. The number of carbonyl (C=O) groups is 2. The Morgan fingerprint density at radius 2 is 1.68 bits per heavy atom. The first-order valence-corrected chi connectivity index (χ1v) is 9.86. The Morgan fingerprint density at radius 3 is 2.25 bits per heavy atom. The number of aromatic nitrogens is 1. The van der Waals surface area contributed by atoms with E-state index < -0.39 is 5.97 Å². The molecule has 2 amide bonds. The number of nitrogens with zero attached hydrogens (tertiary/aromatic N) is 2. The molecule has 0 aromatic carbocycles. The predicted molar refractivity (Wildman–Crippen MR) is 101 cm³/mol. The molecule has 3 N–H and O–H groups in total. The van der Waals surface area contributed by atoms with Gasteiger partial charge in [0.25, 0.3) is 0 Å². The van der Waals surface area contributed by atoms with Crippen LogP contribution in [0.2, 0.25) is 0 Å². The molecule has 28 heavy (non-hydrogen) atoms. The van der Waals surface area contributed by atoms with Gasteiger partial charge < -0.3 is 20.5 Å². The number of carboxylic acids is 1. The highest BCUT2D eigenvalue weighted by Gasteiger charge is 2.28. The third-order valence-electron chi connectivity index (χ3n) is 5.59. The van der Waals surface area contributed by atoms with Gasteiger partial charge in [0.15, 0.2) is 0 Å².